The van der Waals surface area contributed by atoms with E-state index < -0.39 is 0 Å². The molecule has 0 amide bonds. The lowest BCUT2D eigenvalue weighted by Gasteiger charge is -2.13. The van der Waals surface area contributed by atoms with Crippen molar-refractivity contribution in [2.24, 2.45) is 4.99 Å². The van der Waals surface area contributed by atoms with Gasteiger partial charge in [0.2, 0.25) is 0 Å². The fraction of sp³-hybridized carbons (Fsp3) is 0.350. The Morgan fingerprint density at radius 3 is 2.58 bits per heavy atom. The Morgan fingerprint density at radius 2 is 1.88 bits per heavy atom. The van der Waals surface area contributed by atoms with Crippen LogP contribution >= 0.6 is 0 Å². The van der Waals surface area contributed by atoms with Crippen molar-refractivity contribution in [3.63, 3.8) is 0 Å². The first-order chi connectivity index (χ1) is 12.5. The van der Waals surface area contributed by atoms with E-state index in [0.29, 0.717) is 37.0 Å². The molecule has 0 aromatic heterocycles. The van der Waals surface area contributed by atoms with Gasteiger partial charge < -0.3 is 20.5 Å². The number of aliphatic imine (C=N–C) groups is 1. The topological polar surface area (TPSA) is 65.9 Å². The summed E-state index contributed by atoms with van der Waals surface area (Å²) in [4.78, 5) is 4.54. The molecule has 0 fully saturated rings. The molecule has 0 saturated carbocycles. The van der Waals surface area contributed by atoms with Crippen LogP contribution in [0.5, 0.6) is 11.5 Å². The van der Waals surface area contributed by atoms with Gasteiger partial charge >= 0.3 is 0 Å². The smallest absolute Gasteiger partial charge is 0.191 e. The molecule has 2 aromatic carbocycles. The summed E-state index contributed by atoms with van der Waals surface area (Å²) in [5.41, 5.74) is 2.53. The molecule has 6 heteroatoms. The third kappa shape index (κ3) is 5.65. The van der Waals surface area contributed by atoms with Gasteiger partial charge in [-0.15, -0.1) is 0 Å². The first-order valence-corrected chi connectivity index (χ1v) is 8.75. The van der Waals surface area contributed by atoms with Crippen LogP contribution in [0.1, 0.15) is 30.5 Å². The van der Waals surface area contributed by atoms with Gasteiger partial charge in [0.15, 0.2) is 17.5 Å². The molecule has 140 valence electrons. The summed E-state index contributed by atoms with van der Waals surface area (Å²) in [6, 6.07) is 10.3. The number of phenols is 1. The largest absolute Gasteiger partial charge is 0.504 e. The van der Waals surface area contributed by atoms with Crippen LogP contribution < -0.4 is 15.4 Å². The molecule has 5 nitrogen and oxygen atoms in total. The number of nitrogens with zero attached hydrogens (tertiary/aromatic N) is 1. The van der Waals surface area contributed by atoms with E-state index in [2.05, 4.69) is 15.6 Å². The van der Waals surface area contributed by atoms with Crippen molar-refractivity contribution in [1.82, 2.24) is 10.6 Å². The molecule has 0 bridgehead atoms. The maximum Gasteiger partial charge on any atom is 0.191 e. The Labute approximate surface area is 153 Å². The van der Waals surface area contributed by atoms with Gasteiger partial charge in [-0.3, -0.25) is 0 Å². The lowest BCUT2D eigenvalue weighted by Crippen LogP contribution is -2.36. The van der Waals surface area contributed by atoms with Gasteiger partial charge in [0.05, 0.1) is 13.2 Å². The molecule has 0 atom stereocenters. The Morgan fingerprint density at radius 1 is 1.12 bits per heavy atom. The molecule has 3 N–H and O–H groups in total. The van der Waals surface area contributed by atoms with E-state index in [0.717, 1.165) is 17.7 Å². The fourth-order valence-electron chi connectivity index (χ4n) is 2.44. The van der Waals surface area contributed by atoms with Crippen molar-refractivity contribution in [3.8, 4) is 11.5 Å². The van der Waals surface area contributed by atoms with Crippen LogP contribution in [0.3, 0.4) is 0 Å². The third-order valence-electron chi connectivity index (χ3n) is 3.77. The highest BCUT2D eigenvalue weighted by Gasteiger charge is 2.05. The summed E-state index contributed by atoms with van der Waals surface area (Å²) < 4.78 is 18.8. The molecule has 0 aliphatic heterocycles. The number of nitrogens with one attached hydrogen (secondary N) is 2. The molecule has 2 rings (SSSR count). The van der Waals surface area contributed by atoms with Crippen molar-refractivity contribution in [2.75, 3.05) is 13.2 Å². The second-order valence-corrected chi connectivity index (χ2v) is 5.87. The number of aryl methyl sites for hydroxylation is 1. The Bertz CT molecular complexity index is 763. The van der Waals surface area contributed by atoms with E-state index in [4.69, 9.17) is 4.74 Å². The Hall–Kier alpha value is -2.76. The van der Waals surface area contributed by atoms with Gasteiger partial charge in [-0.1, -0.05) is 18.2 Å². The van der Waals surface area contributed by atoms with Crippen molar-refractivity contribution >= 4 is 5.96 Å². The van der Waals surface area contributed by atoms with E-state index in [1.54, 1.807) is 31.2 Å². The Balaban J connectivity index is 2.03. The number of rotatable bonds is 7. The summed E-state index contributed by atoms with van der Waals surface area (Å²) in [6.45, 7) is 7.82. The standard InChI is InChI=1S/C20H26FN3O2/c1-4-22-20(23-12-15-6-8-17(21)14(3)10-15)24-13-16-7-9-18(25)19(11-16)26-5-2/h6-11,25H,4-5,12-13H2,1-3H3,(H2,22,23,24). The predicted molar refractivity (Wildman–Crippen MR) is 102 cm³/mol. The molecule has 0 heterocycles. The maximum atomic E-state index is 13.4. The third-order valence-corrected chi connectivity index (χ3v) is 3.77. The minimum atomic E-state index is -0.208. The van der Waals surface area contributed by atoms with Crippen LogP contribution in [0, 0.1) is 12.7 Å². The van der Waals surface area contributed by atoms with Gasteiger partial charge in [0, 0.05) is 13.1 Å². The highest BCUT2D eigenvalue weighted by atomic mass is 19.1. The second kappa shape index (κ2) is 9.65. The van der Waals surface area contributed by atoms with Gasteiger partial charge in [-0.05, 0) is 55.7 Å². The van der Waals surface area contributed by atoms with E-state index in [1.807, 2.05) is 19.9 Å². The number of aromatic hydroxyl groups is 1. The molecule has 0 aliphatic rings. The Kier molecular flexibility index (Phi) is 7.26. The lowest BCUT2D eigenvalue weighted by molar-refractivity contribution is 0.317. The van der Waals surface area contributed by atoms with Crippen molar-refractivity contribution in [2.45, 2.75) is 33.9 Å². The summed E-state index contributed by atoms with van der Waals surface area (Å²) in [5, 5.41) is 16.2. The summed E-state index contributed by atoms with van der Waals surface area (Å²) in [6.07, 6.45) is 0. The normalized spacial score (nSPS) is 11.3. The first kappa shape index (κ1) is 19.6. The minimum Gasteiger partial charge on any atom is -0.504 e. The minimum absolute atomic E-state index is 0.128. The summed E-state index contributed by atoms with van der Waals surface area (Å²) in [7, 11) is 0. The van der Waals surface area contributed by atoms with Crippen molar-refractivity contribution < 1.29 is 14.2 Å². The maximum absolute atomic E-state index is 13.4. The number of benzene rings is 2. The zero-order chi connectivity index (χ0) is 18.9. The number of hydrogen-bond donors (Lipinski definition) is 3. The summed E-state index contributed by atoms with van der Waals surface area (Å²) in [5.74, 6) is 1.05. The lowest BCUT2D eigenvalue weighted by atomic mass is 10.1. The molecular weight excluding hydrogens is 333 g/mol. The summed E-state index contributed by atoms with van der Waals surface area (Å²) >= 11 is 0. The van der Waals surface area contributed by atoms with Crippen LogP contribution in [-0.4, -0.2) is 24.2 Å². The van der Waals surface area contributed by atoms with Crippen molar-refractivity contribution in [1.29, 1.82) is 0 Å². The average Bonchev–Trinajstić information content (AvgIpc) is 2.63. The predicted octanol–water partition coefficient (Wildman–Crippen LogP) is 3.49. The van der Waals surface area contributed by atoms with Crippen LogP contribution in [0.4, 0.5) is 4.39 Å². The van der Waals surface area contributed by atoms with Crippen LogP contribution in [-0.2, 0) is 13.1 Å². The molecule has 0 radical (unpaired) electrons. The number of phenolic OH excluding ortho intramolecular Hbond substituents is 1. The van der Waals surface area contributed by atoms with E-state index in [9.17, 15) is 9.50 Å². The highest BCUT2D eigenvalue weighted by molar-refractivity contribution is 5.79. The number of ether oxygens (including phenoxy) is 1. The second-order valence-electron chi connectivity index (χ2n) is 5.87. The van der Waals surface area contributed by atoms with E-state index >= 15 is 0 Å². The van der Waals surface area contributed by atoms with Gasteiger partial charge in [-0.25, -0.2) is 9.38 Å². The van der Waals surface area contributed by atoms with Crippen LogP contribution in [0.15, 0.2) is 41.4 Å². The molecule has 0 aliphatic carbocycles. The van der Waals surface area contributed by atoms with E-state index in [1.165, 1.54) is 6.07 Å². The quantitative estimate of drug-likeness (QED) is 0.523. The average molecular weight is 359 g/mol. The molecule has 0 spiro atoms. The van der Waals surface area contributed by atoms with Crippen LogP contribution in [0.2, 0.25) is 0 Å². The van der Waals surface area contributed by atoms with Crippen LogP contribution in [0.25, 0.3) is 0 Å². The monoisotopic (exact) mass is 359 g/mol. The number of guanidine groups is 1. The molecule has 0 unspecified atom stereocenters. The SMILES string of the molecule is CCNC(=NCc1ccc(F)c(C)c1)NCc1ccc(O)c(OCC)c1. The van der Waals surface area contributed by atoms with Gasteiger partial charge in [0.25, 0.3) is 0 Å². The zero-order valence-electron chi connectivity index (χ0n) is 15.5. The van der Waals surface area contributed by atoms with Gasteiger partial charge in [0.1, 0.15) is 5.82 Å². The first-order valence-electron chi connectivity index (χ1n) is 8.75. The molecule has 0 saturated heterocycles. The number of halogens is 1. The number of hydrogen-bond acceptors (Lipinski definition) is 3. The molecular formula is C20H26FN3O2. The fourth-order valence-corrected chi connectivity index (χ4v) is 2.44. The molecule has 2 aromatic rings. The molecule has 26 heavy (non-hydrogen) atoms. The zero-order valence-corrected chi connectivity index (χ0v) is 15.5. The van der Waals surface area contributed by atoms with Crippen molar-refractivity contribution in [3.05, 3.63) is 58.9 Å². The van der Waals surface area contributed by atoms with Gasteiger partial charge in [-0.2, -0.15) is 0 Å². The highest BCUT2D eigenvalue weighted by Crippen LogP contribution is 2.26. The van der Waals surface area contributed by atoms with E-state index in [-0.39, 0.29) is 11.6 Å².